The third-order valence-electron chi connectivity index (χ3n) is 8.64. The first-order valence-corrected chi connectivity index (χ1v) is 13.3. The lowest BCUT2D eigenvalue weighted by Gasteiger charge is -2.42. The minimum atomic E-state index is -0.0250. The molecule has 0 amide bonds. The SMILES string of the molecule is CC(C)N1CCC(CN2CCN(C[C@@H]3CC[C@]4(COC(C)(C)C)CCCN34)CC2)CC1. The molecule has 2 atom stereocenters. The first-order chi connectivity index (χ1) is 14.7. The minimum absolute atomic E-state index is 0.0250. The van der Waals surface area contributed by atoms with E-state index < -0.39 is 0 Å². The van der Waals surface area contributed by atoms with Gasteiger partial charge in [-0.25, -0.2) is 0 Å². The molecule has 5 nitrogen and oxygen atoms in total. The van der Waals surface area contributed by atoms with Crippen LogP contribution in [0.4, 0.5) is 0 Å². The van der Waals surface area contributed by atoms with Crippen molar-refractivity contribution >= 4 is 0 Å². The van der Waals surface area contributed by atoms with Gasteiger partial charge in [-0.05, 0) is 98.7 Å². The summed E-state index contributed by atoms with van der Waals surface area (Å²) in [4.78, 5) is 11.0. The predicted molar refractivity (Wildman–Crippen MR) is 130 cm³/mol. The van der Waals surface area contributed by atoms with Gasteiger partial charge in [0.2, 0.25) is 0 Å². The highest BCUT2D eigenvalue weighted by atomic mass is 16.5. The van der Waals surface area contributed by atoms with Crippen molar-refractivity contribution in [3.05, 3.63) is 0 Å². The van der Waals surface area contributed by atoms with E-state index in [4.69, 9.17) is 4.74 Å². The number of fused-ring (bicyclic) bond motifs is 1. The van der Waals surface area contributed by atoms with Gasteiger partial charge in [0.15, 0.2) is 0 Å². The molecular weight excluding hydrogens is 384 g/mol. The molecule has 0 radical (unpaired) electrons. The fourth-order valence-corrected chi connectivity index (χ4v) is 6.63. The van der Waals surface area contributed by atoms with Gasteiger partial charge in [0.25, 0.3) is 0 Å². The quantitative estimate of drug-likeness (QED) is 0.610. The zero-order chi connectivity index (χ0) is 22.1. The fourth-order valence-electron chi connectivity index (χ4n) is 6.63. The molecule has 4 aliphatic rings. The number of likely N-dealkylation sites (tertiary alicyclic amines) is 1. The van der Waals surface area contributed by atoms with E-state index in [1.54, 1.807) is 0 Å². The van der Waals surface area contributed by atoms with E-state index in [1.807, 2.05) is 0 Å². The topological polar surface area (TPSA) is 22.2 Å². The lowest BCUT2D eigenvalue weighted by molar-refractivity contribution is -0.0584. The van der Waals surface area contributed by atoms with Crippen LogP contribution in [0.1, 0.15) is 73.1 Å². The molecule has 0 saturated carbocycles. The summed E-state index contributed by atoms with van der Waals surface area (Å²) in [6.07, 6.45) is 8.18. The van der Waals surface area contributed by atoms with Crippen LogP contribution in [-0.2, 0) is 4.74 Å². The van der Waals surface area contributed by atoms with Crippen LogP contribution in [0, 0.1) is 5.92 Å². The Balaban J connectivity index is 1.19. The van der Waals surface area contributed by atoms with Gasteiger partial charge in [0, 0.05) is 56.9 Å². The Kier molecular flexibility index (Phi) is 7.70. The Morgan fingerprint density at radius 3 is 2.10 bits per heavy atom. The van der Waals surface area contributed by atoms with E-state index in [0.717, 1.165) is 24.6 Å². The zero-order valence-electron chi connectivity index (χ0n) is 21.2. The van der Waals surface area contributed by atoms with E-state index in [9.17, 15) is 0 Å². The number of rotatable bonds is 7. The third kappa shape index (κ3) is 6.03. The lowest BCUT2D eigenvalue weighted by atomic mass is 9.95. The molecule has 4 fully saturated rings. The number of ether oxygens (including phenoxy) is 1. The van der Waals surface area contributed by atoms with Crippen LogP contribution in [0.2, 0.25) is 0 Å². The molecule has 0 aliphatic carbocycles. The average molecular weight is 435 g/mol. The fraction of sp³-hybridized carbons (Fsp3) is 1.00. The summed E-state index contributed by atoms with van der Waals surface area (Å²) in [5.41, 5.74) is 0.313. The second-order valence-electron chi connectivity index (χ2n) is 12.3. The minimum Gasteiger partial charge on any atom is -0.374 e. The van der Waals surface area contributed by atoms with Crippen LogP contribution in [0.15, 0.2) is 0 Å². The molecule has 0 unspecified atom stereocenters. The molecule has 0 aromatic rings. The highest BCUT2D eigenvalue weighted by molar-refractivity contribution is 5.05. The largest absolute Gasteiger partial charge is 0.374 e. The first-order valence-electron chi connectivity index (χ1n) is 13.3. The average Bonchev–Trinajstić information content (AvgIpc) is 3.28. The van der Waals surface area contributed by atoms with Crippen molar-refractivity contribution in [2.75, 3.05) is 65.5 Å². The number of piperidine rings is 1. The van der Waals surface area contributed by atoms with Crippen molar-refractivity contribution in [2.45, 2.75) is 96.4 Å². The maximum absolute atomic E-state index is 6.30. The third-order valence-corrected chi connectivity index (χ3v) is 8.64. The maximum Gasteiger partial charge on any atom is 0.0657 e. The summed E-state index contributed by atoms with van der Waals surface area (Å²) in [6, 6.07) is 1.47. The number of hydrogen-bond acceptors (Lipinski definition) is 5. The number of hydrogen-bond donors (Lipinski definition) is 0. The molecule has 0 aromatic heterocycles. The summed E-state index contributed by atoms with van der Waals surface area (Å²) in [6.45, 7) is 23.8. The Labute approximate surface area is 192 Å². The summed E-state index contributed by atoms with van der Waals surface area (Å²) >= 11 is 0. The van der Waals surface area contributed by atoms with Crippen LogP contribution in [0.3, 0.4) is 0 Å². The summed E-state index contributed by atoms with van der Waals surface area (Å²) < 4.78 is 6.30. The summed E-state index contributed by atoms with van der Waals surface area (Å²) in [5.74, 6) is 0.921. The van der Waals surface area contributed by atoms with Crippen LogP contribution in [-0.4, -0.2) is 108 Å². The molecule has 31 heavy (non-hydrogen) atoms. The van der Waals surface area contributed by atoms with E-state index >= 15 is 0 Å². The Morgan fingerprint density at radius 2 is 1.48 bits per heavy atom. The van der Waals surface area contributed by atoms with Gasteiger partial charge in [-0.1, -0.05) is 0 Å². The van der Waals surface area contributed by atoms with Crippen molar-refractivity contribution in [1.29, 1.82) is 0 Å². The highest BCUT2D eigenvalue weighted by Crippen LogP contribution is 2.43. The van der Waals surface area contributed by atoms with Gasteiger partial charge in [-0.15, -0.1) is 0 Å². The van der Waals surface area contributed by atoms with Gasteiger partial charge >= 0.3 is 0 Å². The number of piperazine rings is 1. The zero-order valence-corrected chi connectivity index (χ0v) is 21.2. The van der Waals surface area contributed by atoms with Gasteiger partial charge in [-0.2, -0.15) is 0 Å². The highest BCUT2D eigenvalue weighted by Gasteiger charge is 2.50. The van der Waals surface area contributed by atoms with Gasteiger partial charge in [-0.3, -0.25) is 9.80 Å². The molecule has 4 rings (SSSR count). The van der Waals surface area contributed by atoms with Crippen LogP contribution in [0.5, 0.6) is 0 Å². The molecule has 4 saturated heterocycles. The normalized spacial score (nSPS) is 32.9. The maximum atomic E-state index is 6.30. The second kappa shape index (κ2) is 9.97. The van der Waals surface area contributed by atoms with Gasteiger partial charge in [0.1, 0.15) is 0 Å². The summed E-state index contributed by atoms with van der Waals surface area (Å²) in [5, 5.41) is 0. The summed E-state index contributed by atoms with van der Waals surface area (Å²) in [7, 11) is 0. The van der Waals surface area contributed by atoms with Crippen molar-refractivity contribution in [3.8, 4) is 0 Å². The van der Waals surface area contributed by atoms with E-state index in [0.29, 0.717) is 5.54 Å². The smallest absolute Gasteiger partial charge is 0.0657 e. The molecular formula is C26H50N4O. The van der Waals surface area contributed by atoms with Crippen molar-refractivity contribution in [2.24, 2.45) is 5.92 Å². The molecule has 0 N–H and O–H groups in total. The Hall–Kier alpha value is -0.200. The van der Waals surface area contributed by atoms with Crippen molar-refractivity contribution < 1.29 is 4.74 Å². The van der Waals surface area contributed by atoms with E-state index in [-0.39, 0.29) is 5.60 Å². The van der Waals surface area contributed by atoms with Gasteiger partial charge < -0.3 is 14.5 Å². The van der Waals surface area contributed by atoms with Crippen molar-refractivity contribution in [3.63, 3.8) is 0 Å². The molecule has 5 heteroatoms. The van der Waals surface area contributed by atoms with E-state index in [2.05, 4.69) is 54.2 Å². The first kappa shape index (κ1) is 23.9. The predicted octanol–water partition coefficient (Wildman–Crippen LogP) is 3.54. The van der Waals surface area contributed by atoms with Gasteiger partial charge in [0.05, 0.1) is 12.2 Å². The molecule has 0 bridgehead atoms. The standard InChI is InChI=1S/C26H50N4O/c1-22(2)29-13-8-23(9-14-29)19-27-15-17-28(18-16-27)20-24-7-11-26(10-6-12-30(24)26)21-31-25(3,4)5/h22-24H,6-21H2,1-5H3/t24-,26-/m0/s1. The van der Waals surface area contributed by atoms with E-state index in [1.165, 1.54) is 97.4 Å². The molecule has 0 aromatic carbocycles. The van der Waals surface area contributed by atoms with Crippen molar-refractivity contribution in [1.82, 2.24) is 19.6 Å². The second-order valence-corrected chi connectivity index (χ2v) is 12.3. The molecule has 180 valence electrons. The number of nitrogens with zero attached hydrogens (tertiary/aromatic N) is 4. The lowest BCUT2D eigenvalue weighted by Crippen LogP contribution is -2.54. The molecule has 4 heterocycles. The molecule has 0 spiro atoms. The van der Waals surface area contributed by atoms with Crippen LogP contribution < -0.4 is 0 Å². The molecule has 4 aliphatic heterocycles. The Morgan fingerprint density at radius 1 is 0.839 bits per heavy atom. The Bertz CT molecular complexity index is 560. The van der Waals surface area contributed by atoms with Crippen LogP contribution >= 0.6 is 0 Å². The van der Waals surface area contributed by atoms with Crippen LogP contribution in [0.25, 0.3) is 0 Å². The monoisotopic (exact) mass is 434 g/mol.